The second-order valence-electron chi connectivity index (χ2n) is 5.01. The first kappa shape index (κ1) is 15.0. The van der Waals surface area contributed by atoms with Gasteiger partial charge in [-0.25, -0.2) is 15.8 Å². The molecule has 0 aliphatic heterocycles. The van der Waals surface area contributed by atoms with Gasteiger partial charge in [-0.1, -0.05) is 13.8 Å². The Morgan fingerprint density at radius 1 is 1.43 bits per heavy atom. The number of oxazole rings is 1. The van der Waals surface area contributed by atoms with E-state index in [4.69, 9.17) is 10.3 Å². The van der Waals surface area contributed by atoms with E-state index in [9.17, 15) is 4.79 Å². The van der Waals surface area contributed by atoms with Gasteiger partial charge in [-0.2, -0.15) is 0 Å². The van der Waals surface area contributed by atoms with Gasteiger partial charge in [0.1, 0.15) is 11.6 Å². The van der Waals surface area contributed by atoms with Crippen molar-refractivity contribution in [3.63, 3.8) is 0 Å². The summed E-state index contributed by atoms with van der Waals surface area (Å²) >= 11 is 0. The maximum atomic E-state index is 12.2. The summed E-state index contributed by atoms with van der Waals surface area (Å²) in [6, 6.07) is 3.35. The Bertz CT molecular complexity index is 636. The molecule has 2 heterocycles. The van der Waals surface area contributed by atoms with Gasteiger partial charge in [0.05, 0.1) is 12.7 Å². The normalized spacial score (nSPS) is 10.7. The van der Waals surface area contributed by atoms with E-state index in [0.717, 1.165) is 5.69 Å². The molecule has 1 amide bonds. The molecule has 0 atom stereocenters. The summed E-state index contributed by atoms with van der Waals surface area (Å²) in [7, 11) is 0. The fourth-order valence-corrected chi connectivity index (χ4v) is 1.79. The molecule has 2 rings (SSSR count). The van der Waals surface area contributed by atoms with E-state index in [1.165, 1.54) is 0 Å². The van der Waals surface area contributed by atoms with Crippen molar-refractivity contribution in [3.8, 4) is 0 Å². The summed E-state index contributed by atoms with van der Waals surface area (Å²) in [4.78, 5) is 20.5. The summed E-state index contributed by atoms with van der Waals surface area (Å²) in [6.07, 6.45) is 1.61. The van der Waals surface area contributed by atoms with E-state index in [1.807, 2.05) is 13.8 Å². The molecule has 4 N–H and O–H groups in total. The zero-order valence-electron chi connectivity index (χ0n) is 12.3. The third-order valence-corrected chi connectivity index (χ3v) is 2.92. The summed E-state index contributed by atoms with van der Waals surface area (Å²) in [5.74, 6) is 6.98. The molecule has 0 saturated carbocycles. The van der Waals surface area contributed by atoms with Crippen LogP contribution in [-0.4, -0.2) is 15.9 Å². The molecule has 0 fully saturated rings. The average molecular weight is 289 g/mol. The summed E-state index contributed by atoms with van der Waals surface area (Å²) in [5.41, 5.74) is 3.76. The molecular weight excluding hydrogens is 270 g/mol. The van der Waals surface area contributed by atoms with E-state index in [2.05, 4.69) is 20.7 Å². The fraction of sp³-hybridized carbons (Fsp3) is 0.357. The molecule has 7 nitrogen and oxygen atoms in total. The highest BCUT2D eigenvalue weighted by molar-refractivity contribution is 5.94. The van der Waals surface area contributed by atoms with Crippen LogP contribution in [-0.2, 0) is 6.54 Å². The zero-order chi connectivity index (χ0) is 15.4. The maximum absolute atomic E-state index is 12.2. The Balaban J connectivity index is 2.12. The number of pyridine rings is 1. The van der Waals surface area contributed by atoms with Gasteiger partial charge < -0.3 is 15.2 Å². The summed E-state index contributed by atoms with van der Waals surface area (Å²) < 4.78 is 5.31. The molecule has 0 bridgehead atoms. The highest BCUT2D eigenvalue weighted by Gasteiger charge is 2.12. The van der Waals surface area contributed by atoms with Crippen LogP contribution >= 0.6 is 0 Å². The van der Waals surface area contributed by atoms with Crippen LogP contribution < -0.4 is 16.6 Å². The lowest BCUT2D eigenvalue weighted by atomic mass is 10.1. The van der Waals surface area contributed by atoms with Crippen LogP contribution in [0.15, 0.2) is 22.7 Å². The number of nitrogens with zero attached hydrogens (tertiary/aromatic N) is 2. The van der Waals surface area contributed by atoms with Gasteiger partial charge in [-0.15, -0.1) is 0 Å². The van der Waals surface area contributed by atoms with E-state index in [0.29, 0.717) is 23.0 Å². The van der Waals surface area contributed by atoms with Crippen molar-refractivity contribution in [2.75, 3.05) is 5.43 Å². The molecule has 0 spiro atoms. The van der Waals surface area contributed by atoms with Crippen molar-refractivity contribution in [1.29, 1.82) is 0 Å². The lowest BCUT2D eigenvalue weighted by molar-refractivity contribution is 0.0947. The van der Waals surface area contributed by atoms with Crippen molar-refractivity contribution >= 4 is 11.7 Å². The Morgan fingerprint density at radius 3 is 2.76 bits per heavy atom. The molecule has 0 aliphatic carbocycles. The van der Waals surface area contributed by atoms with Gasteiger partial charge in [0, 0.05) is 11.3 Å². The Hall–Kier alpha value is -2.41. The number of aromatic nitrogens is 2. The smallest absolute Gasteiger partial charge is 0.251 e. The van der Waals surface area contributed by atoms with Gasteiger partial charge in [-0.3, -0.25) is 4.79 Å². The maximum Gasteiger partial charge on any atom is 0.251 e. The number of hydrogen-bond donors (Lipinski definition) is 3. The Kier molecular flexibility index (Phi) is 4.54. The highest BCUT2D eigenvalue weighted by Crippen LogP contribution is 2.17. The number of nitrogens with two attached hydrogens (primary N) is 1. The second-order valence-corrected chi connectivity index (χ2v) is 5.01. The first-order chi connectivity index (χ1) is 9.99. The minimum atomic E-state index is -0.230. The third-order valence-electron chi connectivity index (χ3n) is 2.92. The van der Waals surface area contributed by atoms with Gasteiger partial charge in [0.25, 0.3) is 5.91 Å². The monoisotopic (exact) mass is 289 g/mol. The van der Waals surface area contributed by atoms with Gasteiger partial charge in [-0.05, 0) is 25.0 Å². The lowest BCUT2D eigenvalue weighted by Crippen LogP contribution is -2.24. The third kappa shape index (κ3) is 3.79. The number of carbonyl (C=O) groups excluding carboxylic acids is 1. The molecule has 0 radical (unpaired) electrons. The standard InChI is InChI=1S/C14H19N5O2/c1-8(2)11-4-10(5-12(18-11)19-15)14(20)17-7-13-16-6-9(3)21-13/h4-6,8H,7,15H2,1-3H3,(H,17,20)(H,18,19). The van der Waals surface area contributed by atoms with Crippen LogP contribution in [0.5, 0.6) is 0 Å². The quantitative estimate of drug-likeness (QED) is 0.571. The van der Waals surface area contributed by atoms with Crippen LogP contribution in [0.1, 0.15) is 47.5 Å². The molecule has 0 saturated heterocycles. The minimum absolute atomic E-state index is 0.194. The van der Waals surface area contributed by atoms with Crippen LogP contribution in [0.2, 0.25) is 0 Å². The topological polar surface area (TPSA) is 106 Å². The number of hydrazine groups is 1. The Morgan fingerprint density at radius 2 is 2.19 bits per heavy atom. The molecule has 112 valence electrons. The molecular formula is C14H19N5O2. The number of nitrogens with one attached hydrogen (secondary N) is 2. The van der Waals surface area contributed by atoms with Crippen molar-refractivity contribution in [3.05, 3.63) is 41.2 Å². The molecule has 0 aromatic carbocycles. The van der Waals surface area contributed by atoms with Crippen LogP contribution in [0.25, 0.3) is 0 Å². The van der Waals surface area contributed by atoms with E-state index in [1.54, 1.807) is 25.3 Å². The van der Waals surface area contributed by atoms with E-state index in [-0.39, 0.29) is 18.4 Å². The SMILES string of the molecule is Cc1cnc(CNC(=O)c2cc(NN)nc(C(C)C)c2)o1. The average Bonchev–Trinajstić information content (AvgIpc) is 2.89. The number of nitrogen functional groups attached to an aromatic ring is 1. The van der Waals surface area contributed by atoms with Crippen LogP contribution in [0, 0.1) is 6.92 Å². The molecule has 0 aliphatic rings. The molecule has 0 unspecified atom stereocenters. The van der Waals surface area contributed by atoms with Crippen molar-refractivity contribution < 1.29 is 9.21 Å². The van der Waals surface area contributed by atoms with Crippen LogP contribution in [0.4, 0.5) is 5.82 Å². The number of hydrogen-bond acceptors (Lipinski definition) is 6. The predicted molar refractivity (Wildman–Crippen MR) is 78.5 cm³/mol. The van der Waals surface area contributed by atoms with Crippen molar-refractivity contribution in [1.82, 2.24) is 15.3 Å². The number of aryl methyl sites for hydroxylation is 1. The molecule has 2 aromatic heterocycles. The van der Waals surface area contributed by atoms with Gasteiger partial charge >= 0.3 is 0 Å². The predicted octanol–water partition coefficient (Wildman–Crippen LogP) is 1.72. The van der Waals surface area contributed by atoms with E-state index >= 15 is 0 Å². The minimum Gasteiger partial charge on any atom is -0.444 e. The first-order valence-electron chi connectivity index (χ1n) is 6.67. The largest absolute Gasteiger partial charge is 0.444 e. The molecule has 7 heteroatoms. The number of rotatable bonds is 5. The molecule has 21 heavy (non-hydrogen) atoms. The lowest BCUT2D eigenvalue weighted by Gasteiger charge is -2.10. The van der Waals surface area contributed by atoms with Crippen molar-refractivity contribution in [2.45, 2.75) is 33.2 Å². The van der Waals surface area contributed by atoms with E-state index < -0.39 is 0 Å². The number of carbonyl (C=O) groups is 1. The Labute approximate surface area is 122 Å². The fourth-order valence-electron chi connectivity index (χ4n) is 1.79. The number of amides is 1. The summed E-state index contributed by atoms with van der Waals surface area (Å²) in [6.45, 7) is 6.03. The van der Waals surface area contributed by atoms with Crippen molar-refractivity contribution in [2.24, 2.45) is 5.84 Å². The number of anilines is 1. The second kappa shape index (κ2) is 6.36. The van der Waals surface area contributed by atoms with Gasteiger partial charge in [0.15, 0.2) is 0 Å². The van der Waals surface area contributed by atoms with Gasteiger partial charge in [0.2, 0.25) is 5.89 Å². The first-order valence-corrected chi connectivity index (χ1v) is 6.67. The highest BCUT2D eigenvalue weighted by atomic mass is 16.4. The zero-order valence-corrected chi connectivity index (χ0v) is 12.3. The molecule has 2 aromatic rings. The van der Waals surface area contributed by atoms with Crippen LogP contribution in [0.3, 0.4) is 0 Å². The summed E-state index contributed by atoms with van der Waals surface area (Å²) in [5, 5.41) is 2.75.